The molecule has 1 N–H and O–H groups in total. The molecule has 0 radical (unpaired) electrons. The zero-order valence-electron chi connectivity index (χ0n) is 17.4. The molecule has 0 saturated carbocycles. The van der Waals surface area contributed by atoms with Crippen LogP contribution in [0.25, 0.3) is 0 Å². The van der Waals surface area contributed by atoms with E-state index < -0.39 is 0 Å². The number of carbonyl (C=O) groups is 1. The van der Waals surface area contributed by atoms with E-state index in [1.807, 2.05) is 56.3 Å². The van der Waals surface area contributed by atoms with Crippen molar-refractivity contribution < 1.29 is 18.8 Å². The SMILES string of the molecule is COc1ccc(C(C)NC(=O)c2noc(C)c2COc2ccc(C)c(C)c2)cc1. The molecule has 3 aromatic rings. The number of carbonyl (C=O) groups excluding carboxylic acids is 1. The van der Waals surface area contributed by atoms with E-state index in [-0.39, 0.29) is 24.2 Å². The number of nitrogens with one attached hydrogen (secondary N) is 1. The summed E-state index contributed by atoms with van der Waals surface area (Å²) < 4.78 is 16.3. The van der Waals surface area contributed by atoms with Crippen molar-refractivity contribution in [1.29, 1.82) is 0 Å². The van der Waals surface area contributed by atoms with Crippen molar-refractivity contribution >= 4 is 5.91 Å². The summed E-state index contributed by atoms with van der Waals surface area (Å²) in [7, 11) is 1.62. The van der Waals surface area contributed by atoms with Crippen LogP contribution in [0.2, 0.25) is 0 Å². The largest absolute Gasteiger partial charge is 0.497 e. The minimum absolute atomic E-state index is 0.195. The van der Waals surface area contributed by atoms with Gasteiger partial charge in [0, 0.05) is 0 Å². The Kier molecular flexibility index (Phi) is 6.22. The number of aromatic nitrogens is 1. The summed E-state index contributed by atoms with van der Waals surface area (Å²) in [6.07, 6.45) is 0. The number of hydrogen-bond acceptors (Lipinski definition) is 5. The molecule has 0 aliphatic rings. The first kappa shape index (κ1) is 20.5. The molecule has 0 spiro atoms. The zero-order chi connectivity index (χ0) is 21.0. The molecule has 0 aliphatic heterocycles. The van der Waals surface area contributed by atoms with Crippen molar-refractivity contribution in [3.63, 3.8) is 0 Å². The van der Waals surface area contributed by atoms with Gasteiger partial charge >= 0.3 is 0 Å². The normalized spacial score (nSPS) is 11.8. The van der Waals surface area contributed by atoms with Crippen LogP contribution in [0.3, 0.4) is 0 Å². The van der Waals surface area contributed by atoms with E-state index in [2.05, 4.69) is 17.4 Å². The fourth-order valence-corrected chi connectivity index (χ4v) is 2.94. The highest BCUT2D eigenvalue weighted by molar-refractivity contribution is 5.94. The first-order valence-corrected chi connectivity index (χ1v) is 9.49. The third-order valence-corrected chi connectivity index (χ3v) is 5.02. The van der Waals surface area contributed by atoms with E-state index in [1.165, 1.54) is 5.56 Å². The maximum absolute atomic E-state index is 12.8. The van der Waals surface area contributed by atoms with Crippen LogP contribution in [-0.2, 0) is 6.61 Å². The molecule has 1 aromatic heterocycles. The molecule has 1 unspecified atom stereocenters. The Labute approximate surface area is 170 Å². The second-order valence-corrected chi connectivity index (χ2v) is 7.07. The molecular weight excluding hydrogens is 368 g/mol. The first-order valence-electron chi connectivity index (χ1n) is 9.49. The Morgan fingerprint density at radius 3 is 2.41 bits per heavy atom. The Hall–Kier alpha value is -3.28. The van der Waals surface area contributed by atoms with Crippen molar-refractivity contribution in [3.8, 4) is 11.5 Å². The van der Waals surface area contributed by atoms with Crippen LogP contribution in [0.4, 0.5) is 0 Å². The number of methoxy groups -OCH3 is 1. The smallest absolute Gasteiger partial charge is 0.274 e. The Morgan fingerprint density at radius 2 is 1.76 bits per heavy atom. The summed E-state index contributed by atoms with van der Waals surface area (Å²) in [6, 6.07) is 13.3. The number of benzene rings is 2. The van der Waals surface area contributed by atoms with Crippen LogP contribution in [0.15, 0.2) is 47.0 Å². The maximum Gasteiger partial charge on any atom is 0.274 e. The lowest BCUT2D eigenvalue weighted by Gasteiger charge is -2.14. The van der Waals surface area contributed by atoms with Gasteiger partial charge in [0.2, 0.25) is 0 Å². The van der Waals surface area contributed by atoms with Gasteiger partial charge < -0.3 is 19.3 Å². The molecule has 0 fully saturated rings. The van der Waals surface area contributed by atoms with Crippen LogP contribution in [-0.4, -0.2) is 18.2 Å². The van der Waals surface area contributed by atoms with Crippen molar-refractivity contribution in [3.05, 3.63) is 76.2 Å². The van der Waals surface area contributed by atoms with E-state index in [4.69, 9.17) is 14.0 Å². The van der Waals surface area contributed by atoms with Crippen LogP contribution >= 0.6 is 0 Å². The van der Waals surface area contributed by atoms with Crippen LogP contribution in [0, 0.1) is 20.8 Å². The summed E-state index contributed by atoms with van der Waals surface area (Å²) in [5, 5.41) is 6.91. The molecule has 152 valence electrons. The number of amides is 1. The molecule has 1 heterocycles. The molecule has 0 aliphatic carbocycles. The number of ether oxygens (including phenoxy) is 2. The van der Waals surface area contributed by atoms with Gasteiger partial charge in [0.05, 0.1) is 18.7 Å². The van der Waals surface area contributed by atoms with Gasteiger partial charge in [-0.05, 0) is 68.7 Å². The van der Waals surface area contributed by atoms with E-state index in [1.54, 1.807) is 14.0 Å². The first-order chi connectivity index (χ1) is 13.9. The maximum atomic E-state index is 12.8. The molecular formula is C23H26N2O4. The lowest BCUT2D eigenvalue weighted by molar-refractivity contribution is 0.0928. The van der Waals surface area contributed by atoms with Crippen LogP contribution < -0.4 is 14.8 Å². The molecule has 6 nitrogen and oxygen atoms in total. The topological polar surface area (TPSA) is 73.6 Å². The minimum Gasteiger partial charge on any atom is -0.497 e. The number of rotatable bonds is 7. The molecule has 3 rings (SSSR count). The average Bonchev–Trinajstić information content (AvgIpc) is 3.09. The molecule has 2 aromatic carbocycles. The Morgan fingerprint density at radius 1 is 1.07 bits per heavy atom. The predicted molar refractivity (Wildman–Crippen MR) is 110 cm³/mol. The second-order valence-electron chi connectivity index (χ2n) is 7.07. The number of aryl methyl sites for hydroxylation is 3. The van der Waals surface area contributed by atoms with Gasteiger partial charge in [-0.25, -0.2) is 0 Å². The molecule has 0 saturated heterocycles. The van der Waals surface area contributed by atoms with Crippen molar-refractivity contribution in [2.75, 3.05) is 7.11 Å². The highest BCUT2D eigenvalue weighted by atomic mass is 16.5. The Balaban J connectivity index is 1.70. The fraction of sp³-hybridized carbons (Fsp3) is 0.304. The monoisotopic (exact) mass is 394 g/mol. The van der Waals surface area contributed by atoms with Gasteiger partial charge in [0.25, 0.3) is 5.91 Å². The van der Waals surface area contributed by atoms with Gasteiger partial charge in [-0.3, -0.25) is 4.79 Å². The summed E-state index contributed by atoms with van der Waals surface area (Å²) >= 11 is 0. The summed E-state index contributed by atoms with van der Waals surface area (Å²) in [4.78, 5) is 12.8. The summed E-state index contributed by atoms with van der Waals surface area (Å²) in [5.74, 6) is 1.77. The van der Waals surface area contributed by atoms with Crippen LogP contribution in [0.1, 0.15) is 51.5 Å². The van der Waals surface area contributed by atoms with Gasteiger partial charge in [-0.15, -0.1) is 0 Å². The number of hydrogen-bond donors (Lipinski definition) is 1. The van der Waals surface area contributed by atoms with E-state index >= 15 is 0 Å². The third kappa shape index (κ3) is 4.77. The molecule has 6 heteroatoms. The molecule has 0 bridgehead atoms. The second kappa shape index (κ2) is 8.82. The van der Waals surface area contributed by atoms with Gasteiger partial charge in [0.15, 0.2) is 5.69 Å². The van der Waals surface area contributed by atoms with Crippen LogP contribution in [0.5, 0.6) is 11.5 Å². The van der Waals surface area contributed by atoms with Gasteiger partial charge in [-0.2, -0.15) is 0 Å². The number of nitrogens with zero attached hydrogens (tertiary/aromatic N) is 1. The quantitative estimate of drug-likeness (QED) is 0.630. The molecule has 1 atom stereocenters. The predicted octanol–water partition coefficient (Wildman–Crippen LogP) is 4.68. The van der Waals surface area contributed by atoms with E-state index in [0.717, 1.165) is 22.6 Å². The standard InChI is InChI=1S/C23H26N2O4/c1-14-6-9-20(12-15(14)2)28-13-21-17(4)29-25-22(21)23(26)24-16(3)18-7-10-19(27-5)11-8-18/h6-12,16H,13H2,1-5H3,(H,24,26). The van der Waals surface area contributed by atoms with Gasteiger partial charge in [0.1, 0.15) is 23.9 Å². The van der Waals surface area contributed by atoms with Crippen molar-refractivity contribution in [1.82, 2.24) is 10.5 Å². The van der Waals surface area contributed by atoms with E-state index in [9.17, 15) is 4.79 Å². The zero-order valence-corrected chi connectivity index (χ0v) is 17.4. The fourth-order valence-electron chi connectivity index (χ4n) is 2.94. The lowest BCUT2D eigenvalue weighted by atomic mass is 10.1. The molecule has 29 heavy (non-hydrogen) atoms. The Bertz CT molecular complexity index is 993. The average molecular weight is 394 g/mol. The molecule has 1 amide bonds. The van der Waals surface area contributed by atoms with E-state index in [0.29, 0.717) is 11.3 Å². The van der Waals surface area contributed by atoms with Crippen molar-refractivity contribution in [2.24, 2.45) is 0 Å². The third-order valence-electron chi connectivity index (χ3n) is 5.02. The summed E-state index contributed by atoms with van der Waals surface area (Å²) in [5.41, 5.74) is 4.20. The summed E-state index contributed by atoms with van der Waals surface area (Å²) in [6.45, 7) is 7.98. The van der Waals surface area contributed by atoms with Gasteiger partial charge in [-0.1, -0.05) is 23.4 Å². The highest BCUT2D eigenvalue weighted by Crippen LogP contribution is 2.22. The lowest BCUT2D eigenvalue weighted by Crippen LogP contribution is -2.28. The van der Waals surface area contributed by atoms with Crippen molar-refractivity contribution in [2.45, 2.75) is 40.3 Å². The minimum atomic E-state index is -0.302. The highest BCUT2D eigenvalue weighted by Gasteiger charge is 2.22.